The number of hydrogen-bond acceptors (Lipinski definition) is 4. The van der Waals surface area contributed by atoms with Gasteiger partial charge in [0.1, 0.15) is 11.6 Å². The van der Waals surface area contributed by atoms with Crippen molar-refractivity contribution in [2.24, 2.45) is 10.9 Å². The van der Waals surface area contributed by atoms with E-state index in [0.717, 1.165) is 12.2 Å². The van der Waals surface area contributed by atoms with Crippen LogP contribution in [0.5, 0.6) is 5.75 Å². The summed E-state index contributed by atoms with van der Waals surface area (Å²) in [5.41, 5.74) is 6.72. The molecule has 0 saturated carbocycles. The van der Waals surface area contributed by atoms with Gasteiger partial charge in [0.05, 0.1) is 7.11 Å². The van der Waals surface area contributed by atoms with Gasteiger partial charge in [0.2, 0.25) is 0 Å². The average Bonchev–Trinajstić information content (AvgIpc) is 2.46. The Morgan fingerprint density at radius 1 is 1.42 bits per heavy atom. The molecule has 0 aromatic heterocycles. The van der Waals surface area contributed by atoms with Gasteiger partial charge in [0.25, 0.3) is 0 Å². The highest BCUT2D eigenvalue weighted by Gasteiger charge is 2.13. The fourth-order valence-corrected chi connectivity index (χ4v) is 1.96. The van der Waals surface area contributed by atoms with Crippen LogP contribution in [-0.2, 0) is 0 Å². The molecular formula is C14H23N3O2. The van der Waals surface area contributed by atoms with Crippen LogP contribution in [0, 0.1) is 0 Å². The van der Waals surface area contributed by atoms with Gasteiger partial charge in [-0.2, -0.15) is 0 Å². The summed E-state index contributed by atoms with van der Waals surface area (Å²) in [7, 11) is 1.65. The van der Waals surface area contributed by atoms with Crippen molar-refractivity contribution in [1.29, 1.82) is 0 Å². The highest BCUT2D eigenvalue weighted by Crippen LogP contribution is 2.18. The second-order valence-electron chi connectivity index (χ2n) is 4.56. The smallest absolute Gasteiger partial charge is 0.140 e. The molecule has 5 heteroatoms. The summed E-state index contributed by atoms with van der Waals surface area (Å²) in [6.45, 7) is 4.17. The van der Waals surface area contributed by atoms with Crippen LogP contribution in [-0.4, -0.2) is 24.2 Å². The van der Waals surface area contributed by atoms with E-state index in [0.29, 0.717) is 6.42 Å². The van der Waals surface area contributed by atoms with Crippen molar-refractivity contribution in [2.75, 3.05) is 7.11 Å². The zero-order chi connectivity index (χ0) is 14.3. The number of nitrogens with zero attached hydrogens (tertiary/aromatic N) is 1. The molecule has 1 aromatic carbocycles. The van der Waals surface area contributed by atoms with E-state index in [-0.39, 0.29) is 17.9 Å². The minimum absolute atomic E-state index is 0.188. The number of nitrogens with two attached hydrogens (primary N) is 1. The first-order valence-corrected chi connectivity index (χ1v) is 6.47. The van der Waals surface area contributed by atoms with E-state index in [1.165, 1.54) is 5.56 Å². The van der Waals surface area contributed by atoms with Crippen molar-refractivity contribution >= 4 is 5.84 Å². The highest BCUT2D eigenvalue weighted by atomic mass is 16.5. The summed E-state index contributed by atoms with van der Waals surface area (Å²) >= 11 is 0. The average molecular weight is 265 g/mol. The number of ether oxygens (including phenoxy) is 1. The number of benzene rings is 1. The maximum Gasteiger partial charge on any atom is 0.140 e. The summed E-state index contributed by atoms with van der Waals surface area (Å²) in [6, 6.07) is 8.34. The van der Waals surface area contributed by atoms with Gasteiger partial charge in [-0.3, -0.25) is 0 Å². The lowest BCUT2D eigenvalue weighted by Gasteiger charge is -2.22. The van der Waals surface area contributed by atoms with Crippen LogP contribution in [0.4, 0.5) is 0 Å². The normalized spacial score (nSPS) is 15.0. The van der Waals surface area contributed by atoms with E-state index in [1.54, 1.807) is 7.11 Å². The third-order valence-corrected chi connectivity index (χ3v) is 3.18. The summed E-state index contributed by atoms with van der Waals surface area (Å²) in [5, 5.41) is 15.1. The molecule has 1 aromatic rings. The number of nitrogens with one attached hydrogen (secondary N) is 1. The molecule has 2 atom stereocenters. The quantitative estimate of drug-likeness (QED) is 0.306. The summed E-state index contributed by atoms with van der Waals surface area (Å²) < 4.78 is 5.14. The molecule has 0 spiro atoms. The van der Waals surface area contributed by atoms with Crippen LogP contribution in [0.3, 0.4) is 0 Å². The molecule has 0 heterocycles. The highest BCUT2D eigenvalue weighted by molar-refractivity contribution is 5.80. The van der Waals surface area contributed by atoms with Crippen molar-refractivity contribution in [3.63, 3.8) is 0 Å². The molecule has 0 aliphatic heterocycles. The molecule has 5 nitrogen and oxygen atoms in total. The summed E-state index contributed by atoms with van der Waals surface area (Å²) in [4.78, 5) is 0. The topological polar surface area (TPSA) is 79.9 Å². The van der Waals surface area contributed by atoms with Crippen LogP contribution < -0.4 is 15.8 Å². The SMILES string of the molecule is CCC(C/C(N)=N/O)N[C@@H](C)c1ccc(OC)cc1. The first kappa shape index (κ1) is 15.3. The largest absolute Gasteiger partial charge is 0.497 e. The van der Waals surface area contributed by atoms with Crippen molar-refractivity contribution in [1.82, 2.24) is 5.32 Å². The number of oxime groups is 1. The van der Waals surface area contributed by atoms with Gasteiger partial charge in [-0.25, -0.2) is 0 Å². The second kappa shape index (κ2) is 7.63. The Bertz CT molecular complexity index is 404. The lowest BCUT2D eigenvalue weighted by atomic mass is 10.0. The van der Waals surface area contributed by atoms with Gasteiger partial charge >= 0.3 is 0 Å². The van der Waals surface area contributed by atoms with Crippen molar-refractivity contribution < 1.29 is 9.94 Å². The molecule has 106 valence electrons. The van der Waals surface area contributed by atoms with Gasteiger partial charge in [0, 0.05) is 18.5 Å². The van der Waals surface area contributed by atoms with Crippen LogP contribution >= 0.6 is 0 Å². The molecule has 0 amide bonds. The number of rotatable bonds is 7. The van der Waals surface area contributed by atoms with Crippen molar-refractivity contribution in [3.05, 3.63) is 29.8 Å². The Balaban J connectivity index is 2.62. The standard InChI is InChI=1S/C14H23N3O2/c1-4-12(9-14(15)17-18)16-10(2)11-5-7-13(19-3)8-6-11/h5-8,10,12,16,18H,4,9H2,1-3H3,(H2,15,17)/t10-,12?/m0/s1. The molecule has 0 saturated heterocycles. The van der Waals surface area contributed by atoms with Crippen LogP contribution in [0.25, 0.3) is 0 Å². The summed E-state index contributed by atoms with van der Waals surface area (Å²) in [5.74, 6) is 1.10. The van der Waals surface area contributed by atoms with Crippen LogP contribution in [0.1, 0.15) is 38.3 Å². The minimum Gasteiger partial charge on any atom is -0.497 e. The fourth-order valence-electron chi connectivity index (χ4n) is 1.96. The lowest BCUT2D eigenvalue weighted by molar-refractivity contribution is 0.315. The predicted molar refractivity (Wildman–Crippen MR) is 76.6 cm³/mol. The van der Waals surface area contributed by atoms with Gasteiger partial charge in [-0.05, 0) is 31.0 Å². The van der Waals surface area contributed by atoms with E-state index < -0.39 is 0 Å². The van der Waals surface area contributed by atoms with Crippen LogP contribution in [0.2, 0.25) is 0 Å². The van der Waals surface area contributed by atoms with Gasteiger partial charge in [0.15, 0.2) is 0 Å². The van der Waals surface area contributed by atoms with Gasteiger partial charge in [-0.1, -0.05) is 24.2 Å². The molecule has 0 aliphatic rings. The molecule has 4 N–H and O–H groups in total. The van der Waals surface area contributed by atoms with Gasteiger partial charge in [-0.15, -0.1) is 0 Å². The van der Waals surface area contributed by atoms with E-state index >= 15 is 0 Å². The van der Waals surface area contributed by atoms with Crippen molar-refractivity contribution in [3.8, 4) is 5.75 Å². The Hall–Kier alpha value is -1.75. The third kappa shape index (κ3) is 4.79. The number of hydrogen-bond donors (Lipinski definition) is 3. The van der Waals surface area contributed by atoms with Crippen LogP contribution in [0.15, 0.2) is 29.4 Å². The Morgan fingerprint density at radius 2 is 2.05 bits per heavy atom. The third-order valence-electron chi connectivity index (χ3n) is 3.18. The zero-order valence-corrected chi connectivity index (χ0v) is 11.8. The molecule has 0 radical (unpaired) electrons. The van der Waals surface area contributed by atoms with E-state index in [4.69, 9.17) is 15.7 Å². The maximum atomic E-state index is 8.61. The zero-order valence-electron chi connectivity index (χ0n) is 11.8. The molecule has 1 unspecified atom stereocenters. The van der Waals surface area contributed by atoms with Gasteiger partial charge < -0.3 is 21.0 Å². The Labute approximate surface area is 114 Å². The van der Waals surface area contributed by atoms with E-state index in [2.05, 4.69) is 24.3 Å². The first-order valence-electron chi connectivity index (χ1n) is 6.47. The molecule has 0 fully saturated rings. The predicted octanol–water partition coefficient (Wildman–Crippen LogP) is 2.26. The molecule has 0 bridgehead atoms. The lowest BCUT2D eigenvalue weighted by Crippen LogP contribution is -2.34. The molecule has 0 aliphatic carbocycles. The minimum atomic E-state index is 0.188. The summed E-state index contributed by atoms with van der Waals surface area (Å²) in [6.07, 6.45) is 1.45. The fraction of sp³-hybridized carbons (Fsp3) is 0.500. The molecule has 19 heavy (non-hydrogen) atoms. The van der Waals surface area contributed by atoms with E-state index in [1.807, 2.05) is 24.3 Å². The second-order valence-corrected chi connectivity index (χ2v) is 4.56. The molecule has 1 rings (SSSR count). The number of methoxy groups -OCH3 is 1. The Kier molecular flexibility index (Phi) is 6.15. The maximum absolute atomic E-state index is 8.61. The van der Waals surface area contributed by atoms with Crippen molar-refractivity contribution in [2.45, 2.75) is 38.8 Å². The Morgan fingerprint density at radius 3 is 2.53 bits per heavy atom. The monoisotopic (exact) mass is 265 g/mol. The van der Waals surface area contributed by atoms with E-state index in [9.17, 15) is 0 Å². The molecular weight excluding hydrogens is 242 g/mol. The number of amidine groups is 1. The first-order chi connectivity index (χ1) is 9.10.